The van der Waals surface area contributed by atoms with Crippen molar-refractivity contribution in [1.82, 2.24) is 10.6 Å². The summed E-state index contributed by atoms with van der Waals surface area (Å²) in [4.78, 5) is 15.4. The highest BCUT2D eigenvalue weighted by Crippen LogP contribution is 1.97. The number of nitrogens with one attached hydrogen (secondary N) is 2. The number of guanidine groups is 1. The molecule has 0 aliphatic heterocycles. The Kier molecular flexibility index (Phi) is 11.0. The first-order valence-corrected chi connectivity index (χ1v) is 6.74. The summed E-state index contributed by atoms with van der Waals surface area (Å²) in [7, 11) is 3.08. The fourth-order valence-corrected chi connectivity index (χ4v) is 1.52. The van der Waals surface area contributed by atoms with E-state index in [1.807, 2.05) is 13.8 Å². The summed E-state index contributed by atoms with van der Waals surface area (Å²) < 4.78 is 9.65. The quantitative estimate of drug-likeness (QED) is 0.283. The van der Waals surface area contributed by atoms with Crippen LogP contribution in [0.2, 0.25) is 0 Å². The fourth-order valence-electron chi connectivity index (χ4n) is 1.52. The lowest BCUT2D eigenvalue weighted by Crippen LogP contribution is -2.44. The molecule has 0 rings (SSSR count). The summed E-state index contributed by atoms with van der Waals surface area (Å²) in [6.45, 7) is 6.19. The monoisotopic (exact) mass is 273 g/mol. The van der Waals surface area contributed by atoms with Crippen molar-refractivity contribution in [2.75, 3.05) is 33.9 Å². The van der Waals surface area contributed by atoms with Crippen molar-refractivity contribution in [2.45, 2.75) is 39.2 Å². The molecular weight excluding hydrogens is 246 g/mol. The van der Waals surface area contributed by atoms with Gasteiger partial charge in [0.1, 0.15) is 0 Å². The molecule has 0 aromatic rings. The van der Waals surface area contributed by atoms with Gasteiger partial charge in [-0.3, -0.25) is 9.79 Å². The van der Waals surface area contributed by atoms with Crippen LogP contribution in [0.15, 0.2) is 4.99 Å². The van der Waals surface area contributed by atoms with E-state index < -0.39 is 0 Å². The fraction of sp³-hybridized carbons (Fsp3) is 0.846. The Labute approximate surface area is 116 Å². The van der Waals surface area contributed by atoms with Gasteiger partial charge in [-0.15, -0.1) is 0 Å². The van der Waals surface area contributed by atoms with Crippen molar-refractivity contribution < 1.29 is 14.3 Å². The van der Waals surface area contributed by atoms with Crippen molar-refractivity contribution >= 4 is 11.9 Å². The number of aliphatic imine (C=N–C) groups is 1. The van der Waals surface area contributed by atoms with Crippen molar-refractivity contribution in [2.24, 2.45) is 4.99 Å². The van der Waals surface area contributed by atoms with Gasteiger partial charge in [0.25, 0.3) is 0 Å². The highest BCUT2D eigenvalue weighted by Gasteiger charge is 2.04. The molecule has 0 amide bonds. The number of unbranched alkanes of at least 4 members (excludes halogenated alkanes) is 1. The minimum absolute atomic E-state index is 0.164. The zero-order valence-corrected chi connectivity index (χ0v) is 12.5. The summed E-state index contributed by atoms with van der Waals surface area (Å²) in [5.74, 6) is 0.618. The van der Waals surface area contributed by atoms with Gasteiger partial charge in [0, 0.05) is 32.7 Å². The van der Waals surface area contributed by atoms with E-state index in [1.54, 1.807) is 7.11 Å². The number of methoxy groups -OCH3 is 2. The van der Waals surface area contributed by atoms with Crippen LogP contribution in [0.4, 0.5) is 0 Å². The van der Waals surface area contributed by atoms with Gasteiger partial charge < -0.3 is 20.1 Å². The number of carbonyl (C=O) groups is 1. The molecule has 0 bridgehead atoms. The summed E-state index contributed by atoms with van der Waals surface area (Å²) in [6.07, 6.45) is 2.11. The first kappa shape index (κ1) is 17.7. The average molecular weight is 273 g/mol. The molecule has 0 aromatic heterocycles. The molecule has 6 nitrogen and oxygen atoms in total. The van der Waals surface area contributed by atoms with Crippen molar-refractivity contribution in [3.8, 4) is 0 Å². The third-order valence-corrected chi connectivity index (χ3v) is 2.43. The van der Waals surface area contributed by atoms with Gasteiger partial charge in [-0.1, -0.05) is 0 Å². The molecule has 0 spiro atoms. The smallest absolute Gasteiger partial charge is 0.305 e. The number of carbonyl (C=O) groups excluding carboxylic acids is 1. The maximum Gasteiger partial charge on any atom is 0.305 e. The van der Waals surface area contributed by atoms with E-state index >= 15 is 0 Å². The standard InChI is InChI=1S/C13H27N3O3/c1-5-14-13(16-11(2)10-18-3)15-9-7-6-8-12(17)19-4/h11H,5-10H2,1-4H3,(H2,14,15,16). The largest absolute Gasteiger partial charge is 0.469 e. The number of hydrogen-bond donors (Lipinski definition) is 2. The van der Waals surface area contributed by atoms with Crippen LogP contribution in [0.1, 0.15) is 33.1 Å². The normalized spacial score (nSPS) is 12.9. The molecule has 112 valence electrons. The summed E-state index contributed by atoms with van der Waals surface area (Å²) in [5, 5.41) is 6.43. The third-order valence-electron chi connectivity index (χ3n) is 2.43. The predicted molar refractivity (Wildman–Crippen MR) is 76.3 cm³/mol. The molecule has 0 aliphatic rings. The zero-order chi connectivity index (χ0) is 14.5. The Bertz CT molecular complexity index is 270. The zero-order valence-electron chi connectivity index (χ0n) is 12.5. The molecule has 6 heteroatoms. The molecule has 0 saturated heterocycles. The maximum atomic E-state index is 10.9. The first-order chi connectivity index (χ1) is 9.13. The van der Waals surface area contributed by atoms with Gasteiger partial charge in [0.2, 0.25) is 0 Å². The second-order valence-corrected chi connectivity index (χ2v) is 4.29. The molecule has 0 saturated carbocycles. The molecule has 2 N–H and O–H groups in total. The van der Waals surface area contributed by atoms with Gasteiger partial charge in [-0.05, 0) is 26.7 Å². The lowest BCUT2D eigenvalue weighted by Gasteiger charge is -2.16. The third kappa shape index (κ3) is 10.3. The lowest BCUT2D eigenvalue weighted by molar-refractivity contribution is -0.140. The van der Waals surface area contributed by atoms with E-state index in [2.05, 4.69) is 20.4 Å². The maximum absolute atomic E-state index is 10.9. The Hall–Kier alpha value is -1.30. The average Bonchev–Trinajstić information content (AvgIpc) is 2.38. The highest BCUT2D eigenvalue weighted by atomic mass is 16.5. The molecule has 19 heavy (non-hydrogen) atoms. The van der Waals surface area contributed by atoms with Crippen LogP contribution in [-0.2, 0) is 14.3 Å². The van der Waals surface area contributed by atoms with E-state index in [-0.39, 0.29) is 12.0 Å². The van der Waals surface area contributed by atoms with E-state index in [1.165, 1.54) is 7.11 Å². The molecular formula is C13H27N3O3. The van der Waals surface area contributed by atoms with Crippen molar-refractivity contribution in [1.29, 1.82) is 0 Å². The van der Waals surface area contributed by atoms with E-state index in [0.29, 0.717) is 19.6 Å². The molecule has 0 radical (unpaired) electrons. The topological polar surface area (TPSA) is 72.0 Å². The molecule has 0 aromatic carbocycles. The minimum atomic E-state index is -0.164. The second kappa shape index (κ2) is 11.8. The van der Waals surface area contributed by atoms with Crippen LogP contribution in [-0.4, -0.2) is 51.9 Å². The van der Waals surface area contributed by atoms with Crippen molar-refractivity contribution in [3.63, 3.8) is 0 Å². The number of nitrogens with zero attached hydrogens (tertiary/aromatic N) is 1. The Morgan fingerprint density at radius 2 is 2.05 bits per heavy atom. The lowest BCUT2D eigenvalue weighted by atomic mass is 10.2. The van der Waals surface area contributed by atoms with Gasteiger partial charge in [0.15, 0.2) is 5.96 Å². The Morgan fingerprint density at radius 1 is 1.32 bits per heavy atom. The second-order valence-electron chi connectivity index (χ2n) is 4.29. The van der Waals surface area contributed by atoms with Gasteiger partial charge in [-0.25, -0.2) is 0 Å². The highest BCUT2D eigenvalue weighted by molar-refractivity contribution is 5.80. The SMILES string of the molecule is CCNC(=NCCCCC(=O)OC)NC(C)COC. The van der Waals surface area contributed by atoms with Crippen LogP contribution < -0.4 is 10.6 Å². The van der Waals surface area contributed by atoms with Crippen molar-refractivity contribution in [3.05, 3.63) is 0 Å². The van der Waals surface area contributed by atoms with E-state index in [0.717, 1.165) is 25.3 Å². The Morgan fingerprint density at radius 3 is 2.63 bits per heavy atom. The summed E-state index contributed by atoms with van der Waals surface area (Å²) >= 11 is 0. The van der Waals surface area contributed by atoms with Crippen LogP contribution in [0, 0.1) is 0 Å². The number of hydrogen-bond acceptors (Lipinski definition) is 4. The van der Waals surface area contributed by atoms with Gasteiger partial charge >= 0.3 is 5.97 Å². The molecule has 0 heterocycles. The summed E-state index contributed by atoms with van der Waals surface area (Å²) in [5.41, 5.74) is 0. The van der Waals surface area contributed by atoms with Gasteiger partial charge in [0.05, 0.1) is 13.7 Å². The minimum Gasteiger partial charge on any atom is -0.469 e. The predicted octanol–water partition coefficient (Wildman–Crippen LogP) is 0.920. The van der Waals surface area contributed by atoms with E-state index in [9.17, 15) is 4.79 Å². The van der Waals surface area contributed by atoms with Crippen LogP contribution in [0.5, 0.6) is 0 Å². The van der Waals surface area contributed by atoms with Gasteiger partial charge in [-0.2, -0.15) is 0 Å². The number of rotatable bonds is 9. The molecule has 1 atom stereocenters. The summed E-state index contributed by atoms with van der Waals surface area (Å²) in [6, 6.07) is 0.206. The Balaban J connectivity index is 3.94. The van der Waals surface area contributed by atoms with Crippen LogP contribution in [0.3, 0.4) is 0 Å². The number of ether oxygens (including phenoxy) is 2. The molecule has 0 aliphatic carbocycles. The molecule has 0 fully saturated rings. The molecule has 1 unspecified atom stereocenters. The van der Waals surface area contributed by atoms with E-state index in [4.69, 9.17) is 4.74 Å². The number of esters is 1. The van der Waals surface area contributed by atoms with Crippen LogP contribution in [0.25, 0.3) is 0 Å². The van der Waals surface area contributed by atoms with Crippen LogP contribution >= 0.6 is 0 Å². The first-order valence-electron chi connectivity index (χ1n) is 6.74.